The van der Waals surface area contributed by atoms with Gasteiger partial charge < -0.3 is 5.32 Å². The number of amides is 3. The number of likely N-dealkylation sites (N-methyl/N-ethyl adjacent to an activating group) is 1. The summed E-state index contributed by atoms with van der Waals surface area (Å²) in [4.78, 5) is 23.2. The van der Waals surface area contributed by atoms with Gasteiger partial charge in [0.05, 0.1) is 6.54 Å². The Morgan fingerprint density at radius 3 is 2.75 bits per heavy atom. The van der Waals surface area contributed by atoms with Gasteiger partial charge in [-0.2, -0.15) is 0 Å². The number of imide groups is 1. The molecule has 1 aliphatic heterocycles. The van der Waals surface area contributed by atoms with E-state index in [-0.39, 0.29) is 5.91 Å². The Hall–Kier alpha value is -1.54. The SMILES string of the molecule is C#CCN(C)C1NC(=O)NC1=O. The van der Waals surface area contributed by atoms with Crippen molar-refractivity contribution in [3.8, 4) is 12.3 Å². The summed E-state index contributed by atoms with van der Waals surface area (Å²) in [6.45, 7) is 0.318. The third-order valence-electron chi connectivity index (χ3n) is 1.53. The third-order valence-corrected chi connectivity index (χ3v) is 1.53. The Morgan fingerprint density at radius 2 is 2.33 bits per heavy atom. The van der Waals surface area contributed by atoms with E-state index in [1.165, 1.54) is 0 Å². The number of nitrogens with zero attached hydrogens (tertiary/aromatic N) is 1. The molecular formula is C7H9N3O2. The zero-order chi connectivity index (χ0) is 9.14. The monoisotopic (exact) mass is 167 g/mol. The smallest absolute Gasteiger partial charge is 0.314 e. The molecular weight excluding hydrogens is 158 g/mol. The average molecular weight is 167 g/mol. The minimum atomic E-state index is -0.631. The minimum absolute atomic E-state index is 0.318. The van der Waals surface area contributed by atoms with Crippen molar-refractivity contribution < 1.29 is 9.59 Å². The Bertz CT molecular complexity index is 256. The molecule has 5 nitrogen and oxygen atoms in total. The van der Waals surface area contributed by atoms with Crippen molar-refractivity contribution in [2.24, 2.45) is 0 Å². The normalized spacial score (nSPS) is 21.9. The van der Waals surface area contributed by atoms with Gasteiger partial charge in [-0.05, 0) is 7.05 Å². The average Bonchev–Trinajstić information content (AvgIpc) is 2.30. The lowest BCUT2D eigenvalue weighted by Gasteiger charge is -2.18. The topological polar surface area (TPSA) is 61.4 Å². The van der Waals surface area contributed by atoms with Crippen LogP contribution < -0.4 is 10.6 Å². The first-order valence-corrected chi connectivity index (χ1v) is 3.40. The Morgan fingerprint density at radius 1 is 1.67 bits per heavy atom. The molecule has 0 bridgehead atoms. The predicted octanol–water partition coefficient (Wildman–Crippen LogP) is -1.28. The van der Waals surface area contributed by atoms with Crippen LogP contribution >= 0.6 is 0 Å². The van der Waals surface area contributed by atoms with Crippen LogP contribution in [0.2, 0.25) is 0 Å². The largest absolute Gasteiger partial charge is 0.323 e. The van der Waals surface area contributed by atoms with Crippen molar-refractivity contribution in [3.63, 3.8) is 0 Å². The molecule has 0 radical (unpaired) electrons. The first kappa shape index (κ1) is 8.56. The summed E-state index contributed by atoms with van der Waals surface area (Å²) in [7, 11) is 1.66. The summed E-state index contributed by atoms with van der Waals surface area (Å²) >= 11 is 0. The van der Waals surface area contributed by atoms with E-state index in [0.717, 1.165) is 0 Å². The fourth-order valence-corrected chi connectivity index (χ4v) is 0.952. The maximum atomic E-state index is 11.0. The van der Waals surface area contributed by atoms with Crippen LogP contribution in [-0.2, 0) is 4.79 Å². The standard InChI is InChI=1S/C7H9N3O2/c1-3-4-10(2)5-6(11)9-7(12)8-5/h1,5H,4H2,2H3,(H2,8,9,11,12). The minimum Gasteiger partial charge on any atom is -0.314 e. The van der Waals surface area contributed by atoms with Crippen LogP contribution in [0.15, 0.2) is 0 Å². The molecule has 1 heterocycles. The molecule has 1 unspecified atom stereocenters. The number of carbonyl (C=O) groups is 2. The fraction of sp³-hybridized carbons (Fsp3) is 0.429. The molecule has 0 aliphatic carbocycles. The van der Waals surface area contributed by atoms with Gasteiger partial charge in [-0.25, -0.2) is 4.79 Å². The molecule has 12 heavy (non-hydrogen) atoms. The molecule has 1 aliphatic rings. The number of hydrogen-bond acceptors (Lipinski definition) is 3. The van der Waals surface area contributed by atoms with Gasteiger partial charge in [0.1, 0.15) is 0 Å². The summed E-state index contributed by atoms with van der Waals surface area (Å²) in [6.07, 6.45) is 4.41. The van der Waals surface area contributed by atoms with Gasteiger partial charge in [0, 0.05) is 0 Å². The highest BCUT2D eigenvalue weighted by molar-refractivity contribution is 6.03. The van der Waals surface area contributed by atoms with Crippen molar-refractivity contribution >= 4 is 11.9 Å². The first-order valence-electron chi connectivity index (χ1n) is 3.40. The molecule has 5 heteroatoms. The van der Waals surface area contributed by atoms with Crippen LogP contribution in [-0.4, -0.2) is 36.6 Å². The van der Waals surface area contributed by atoms with E-state index >= 15 is 0 Å². The van der Waals surface area contributed by atoms with E-state index in [2.05, 4.69) is 16.6 Å². The van der Waals surface area contributed by atoms with Crippen molar-refractivity contribution in [2.45, 2.75) is 6.17 Å². The maximum Gasteiger partial charge on any atom is 0.323 e. The van der Waals surface area contributed by atoms with E-state index < -0.39 is 12.2 Å². The number of carbonyl (C=O) groups excluding carboxylic acids is 2. The maximum absolute atomic E-state index is 11.0. The van der Waals surface area contributed by atoms with Crippen molar-refractivity contribution in [2.75, 3.05) is 13.6 Å². The Kier molecular flexibility index (Phi) is 2.31. The molecule has 0 aromatic carbocycles. The summed E-state index contributed by atoms with van der Waals surface area (Å²) in [5, 5.41) is 4.53. The third kappa shape index (κ3) is 1.54. The highest BCUT2D eigenvalue weighted by atomic mass is 16.2. The second-order valence-corrected chi connectivity index (χ2v) is 2.48. The summed E-state index contributed by atoms with van der Waals surface area (Å²) in [5.41, 5.74) is 0. The molecule has 1 atom stereocenters. The molecule has 3 amide bonds. The molecule has 1 saturated heterocycles. The molecule has 1 fully saturated rings. The van der Waals surface area contributed by atoms with Crippen LogP contribution in [0, 0.1) is 12.3 Å². The van der Waals surface area contributed by atoms with Crippen LogP contribution in [0.3, 0.4) is 0 Å². The van der Waals surface area contributed by atoms with Gasteiger partial charge >= 0.3 is 6.03 Å². The van der Waals surface area contributed by atoms with E-state index in [0.29, 0.717) is 6.54 Å². The number of rotatable bonds is 2. The number of hydrogen-bond donors (Lipinski definition) is 2. The first-order chi connectivity index (χ1) is 5.65. The quantitative estimate of drug-likeness (QED) is 0.397. The molecule has 0 spiro atoms. The molecule has 64 valence electrons. The van der Waals surface area contributed by atoms with Gasteiger partial charge in [0.2, 0.25) is 0 Å². The van der Waals surface area contributed by atoms with E-state index in [4.69, 9.17) is 6.42 Å². The second-order valence-electron chi connectivity index (χ2n) is 2.48. The van der Waals surface area contributed by atoms with Crippen molar-refractivity contribution in [1.82, 2.24) is 15.5 Å². The Balaban J connectivity index is 2.59. The van der Waals surface area contributed by atoms with Gasteiger partial charge in [-0.1, -0.05) is 5.92 Å². The highest BCUT2D eigenvalue weighted by Crippen LogP contribution is 1.97. The van der Waals surface area contributed by atoms with Crippen LogP contribution in [0.1, 0.15) is 0 Å². The second kappa shape index (κ2) is 3.24. The summed E-state index contributed by atoms with van der Waals surface area (Å²) in [5.74, 6) is 2.01. The van der Waals surface area contributed by atoms with Gasteiger partial charge in [0.25, 0.3) is 5.91 Å². The molecule has 2 N–H and O–H groups in total. The highest BCUT2D eigenvalue weighted by Gasteiger charge is 2.32. The van der Waals surface area contributed by atoms with E-state index in [9.17, 15) is 9.59 Å². The lowest BCUT2D eigenvalue weighted by Crippen LogP contribution is -2.44. The lowest BCUT2D eigenvalue weighted by atomic mass is 10.4. The van der Waals surface area contributed by atoms with Gasteiger partial charge in [-0.3, -0.25) is 15.0 Å². The van der Waals surface area contributed by atoms with Crippen molar-refractivity contribution in [3.05, 3.63) is 0 Å². The summed E-state index contributed by atoms with van der Waals surface area (Å²) in [6, 6.07) is -0.478. The van der Waals surface area contributed by atoms with Gasteiger partial charge in [-0.15, -0.1) is 6.42 Å². The van der Waals surface area contributed by atoms with Crippen LogP contribution in [0.25, 0.3) is 0 Å². The zero-order valence-electron chi connectivity index (χ0n) is 6.63. The lowest BCUT2D eigenvalue weighted by molar-refractivity contribution is -0.123. The molecule has 1 rings (SSSR count). The Labute approximate surface area is 70.1 Å². The van der Waals surface area contributed by atoms with Crippen LogP contribution in [0.5, 0.6) is 0 Å². The number of urea groups is 1. The number of terminal acetylenes is 1. The summed E-state index contributed by atoms with van der Waals surface area (Å²) < 4.78 is 0. The predicted molar refractivity (Wildman–Crippen MR) is 41.9 cm³/mol. The molecule has 0 aromatic rings. The fourth-order valence-electron chi connectivity index (χ4n) is 0.952. The van der Waals surface area contributed by atoms with Crippen LogP contribution in [0.4, 0.5) is 4.79 Å². The zero-order valence-corrected chi connectivity index (χ0v) is 6.63. The van der Waals surface area contributed by atoms with E-state index in [1.807, 2.05) is 0 Å². The van der Waals surface area contributed by atoms with Crippen molar-refractivity contribution in [1.29, 1.82) is 0 Å². The number of nitrogens with one attached hydrogen (secondary N) is 2. The molecule has 0 saturated carbocycles. The van der Waals surface area contributed by atoms with Gasteiger partial charge in [0.15, 0.2) is 6.17 Å². The molecule has 0 aromatic heterocycles. The van der Waals surface area contributed by atoms with E-state index in [1.54, 1.807) is 11.9 Å².